The molecule has 0 bridgehead atoms. The summed E-state index contributed by atoms with van der Waals surface area (Å²) in [6.45, 7) is 1.74. The maximum Gasteiger partial charge on any atom is 0.434 e. The van der Waals surface area contributed by atoms with Crippen LogP contribution < -0.4 is 5.32 Å². The maximum absolute atomic E-state index is 13.3. The number of rotatable bonds is 15. The summed E-state index contributed by atoms with van der Waals surface area (Å²) < 4.78 is 13.9. The molecular formula is C26H26N8O8. The molecule has 0 atom stereocenters. The van der Waals surface area contributed by atoms with Gasteiger partial charge >= 0.3 is 11.9 Å². The summed E-state index contributed by atoms with van der Waals surface area (Å²) in [5.74, 6) is -1.39. The first-order chi connectivity index (χ1) is 20.4. The Labute approximate surface area is 237 Å². The molecule has 0 spiro atoms. The summed E-state index contributed by atoms with van der Waals surface area (Å²) in [4.78, 5) is 55.8. The standard InChI is InChI=1S/C26H26N8O8/c35-23-19-3-1-2-18-21(27-8-14-41-15-11-30-9-6-28-25(30)33(37)38)5-4-20(22(18)19)24(36)32(23)13-17-42-16-12-31-10-7-29-26(31)34(39)40/h1-7,9-10,27H,8,11-17H2. The summed E-state index contributed by atoms with van der Waals surface area (Å²) in [6, 6.07) is 8.71. The SMILES string of the molecule is O=C1c2cccc3c(NCCOCCn4ccnc4[N+](=O)[O-])ccc(c23)C(=O)N1CCOCCn1ccnc1[N+](=O)[O-]. The third kappa shape index (κ3) is 5.79. The molecule has 2 amide bonds. The predicted molar refractivity (Wildman–Crippen MR) is 147 cm³/mol. The molecule has 0 unspecified atom stereocenters. The van der Waals surface area contributed by atoms with Crippen LogP contribution in [0.15, 0.2) is 55.1 Å². The molecular weight excluding hydrogens is 552 g/mol. The van der Waals surface area contributed by atoms with Gasteiger partial charge in [0.1, 0.15) is 24.8 Å². The van der Waals surface area contributed by atoms with Gasteiger partial charge in [-0.15, -0.1) is 0 Å². The smallest absolute Gasteiger partial charge is 0.390 e. The summed E-state index contributed by atoms with van der Waals surface area (Å²) >= 11 is 0. The number of hydrogen-bond donors (Lipinski definition) is 1. The van der Waals surface area contributed by atoms with Crippen molar-refractivity contribution in [2.45, 2.75) is 13.1 Å². The van der Waals surface area contributed by atoms with Crippen molar-refractivity contribution in [3.8, 4) is 0 Å². The van der Waals surface area contributed by atoms with Crippen LogP contribution in [-0.2, 0) is 22.6 Å². The number of nitrogens with zero attached hydrogens (tertiary/aromatic N) is 7. The van der Waals surface area contributed by atoms with E-state index in [4.69, 9.17) is 9.47 Å². The molecule has 4 aromatic rings. The molecule has 218 valence electrons. The van der Waals surface area contributed by atoms with Gasteiger partial charge in [0.05, 0.1) is 46.1 Å². The van der Waals surface area contributed by atoms with Gasteiger partial charge in [0, 0.05) is 34.1 Å². The summed E-state index contributed by atoms with van der Waals surface area (Å²) in [7, 11) is 0. The lowest BCUT2D eigenvalue weighted by molar-refractivity contribution is -0.397. The largest absolute Gasteiger partial charge is 0.434 e. The lowest BCUT2D eigenvalue weighted by atomic mass is 9.93. The molecule has 16 heteroatoms. The third-order valence-corrected chi connectivity index (χ3v) is 6.68. The molecule has 1 aliphatic heterocycles. The molecule has 3 heterocycles. The van der Waals surface area contributed by atoms with Crippen LogP contribution in [0.5, 0.6) is 0 Å². The van der Waals surface area contributed by atoms with Gasteiger partial charge in [-0.2, -0.15) is 0 Å². The van der Waals surface area contributed by atoms with E-state index in [0.29, 0.717) is 29.7 Å². The summed E-state index contributed by atoms with van der Waals surface area (Å²) in [6.07, 6.45) is 5.69. The summed E-state index contributed by atoms with van der Waals surface area (Å²) in [5.41, 5.74) is 1.53. The van der Waals surface area contributed by atoms with Crippen molar-refractivity contribution in [3.63, 3.8) is 0 Å². The molecule has 16 nitrogen and oxygen atoms in total. The van der Waals surface area contributed by atoms with Crippen LogP contribution in [0.2, 0.25) is 0 Å². The van der Waals surface area contributed by atoms with Crippen molar-refractivity contribution in [1.82, 2.24) is 24.0 Å². The molecule has 2 aromatic heterocycles. The van der Waals surface area contributed by atoms with E-state index in [-0.39, 0.29) is 51.4 Å². The highest BCUT2D eigenvalue weighted by atomic mass is 16.6. The minimum absolute atomic E-state index is 0.0269. The van der Waals surface area contributed by atoms with E-state index in [0.717, 1.165) is 16.0 Å². The molecule has 0 fully saturated rings. The monoisotopic (exact) mass is 578 g/mol. The molecule has 2 aromatic carbocycles. The first kappa shape index (κ1) is 28.3. The number of amides is 2. The zero-order chi connectivity index (χ0) is 29.6. The number of anilines is 1. The van der Waals surface area contributed by atoms with Gasteiger partial charge in [0.25, 0.3) is 11.8 Å². The quantitative estimate of drug-likeness (QED) is 0.0944. The predicted octanol–water partition coefficient (Wildman–Crippen LogP) is 2.49. The second-order valence-corrected chi connectivity index (χ2v) is 9.16. The van der Waals surface area contributed by atoms with Crippen LogP contribution in [0.4, 0.5) is 17.6 Å². The lowest BCUT2D eigenvalue weighted by Crippen LogP contribution is -2.42. The fourth-order valence-corrected chi connectivity index (χ4v) is 4.74. The van der Waals surface area contributed by atoms with E-state index in [1.165, 1.54) is 33.9 Å². The van der Waals surface area contributed by atoms with Crippen LogP contribution >= 0.6 is 0 Å². The molecule has 5 rings (SSSR count). The van der Waals surface area contributed by atoms with Crippen molar-refractivity contribution >= 4 is 40.2 Å². The number of carbonyl (C=O) groups is 2. The second-order valence-electron chi connectivity index (χ2n) is 9.16. The maximum atomic E-state index is 13.3. The average Bonchev–Trinajstić information content (AvgIpc) is 3.65. The zero-order valence-electron chi connectivity index (χ0n) is 22.2. The molecule has 42 heavy (non-hydrogen) atoms. The van der Waals surface area contributed by atoms with Crippen LogP contribution in [0.1, 0.15) is 20.7 Å². The van der Waals surface area contributed by atoms with Crippen molar-refractivity contribution in [3.05, 3.63) is 86.5 Å². The highest BCUT2D eigenvalue weighted by molar-refractivity contribution is 6.26. The average molecular weight is 579 g/mol. The Hall–Kier alpha value is -5.22. The van der Waals surface area contributed by atoms with Gasteiger partial charge in [-0.3, -0.25) is 14.5 Å². The van der Waals surface area contributed by atoms with E-state index in [9.17, 15) is 29.8 Å². The molecule has 0 saturated carbocycles. The number of imide groups is 1. The van der Waals surface area contributed by atoms with E-state index in [2.05, 4.69) is 15.3 Å². The normalized spacial score (nSPS) is 12.7. The van der Waals surface area contributed by atoms with Gasteiger partial charge in [-0.25, -0.2) is 9.13 Å². The Morgan fingerprint density at radius 3 is 1.95 bits per heavy atom. The molecule has 1 aliphatic rings. The number of aromatic nitrogens is 4. The Morgan fingerprint density at radius 1 is 0.762 bits per heavy atom. The molecule has 0 radical (unpaired) electrons. The number of nitrogens with one attached hydrogen (secondary N) is 1. The number of hydrogen-bond acceptors (Lipinski definition) is 11. The van der Waals surface area contributed by atoms with E-state index in [1.54, 1.807) is 24.3 Å². The van der Waals surface area contributed by atoms with Crippen LogP contribution in [0, 0.1) is 20.2 Å². The Balaban J connectivity index is 1.15. The van der Waals surface area contributed by atoms with Gasteiger partial charge in [0.15, 0.2) is 0 Å². The molecule has 0 aliphatic carbocycles. The Bertz CT molecular complexity index is 1630. The lowest BCUT2D eigenvalue weighted by Gasteiger charge is -2.27. The molecule has 1 N–H and O–H groups in total. The van der Waals surface area contributed by atoms with Gasteiger partial charge in [0.2, 0.25) is 0 Å². The van der Waals surface area contributed by atoms with Gasteiger partial charge in [-0.05, 0) is 28.0 Å². The minimum Gasteiger partial charge on any atom is -0.390 e. The fourth-order valence-electron chi connectivity index (χ4n) is 4.74. The topological polar surface area (TPSA) is 190 Å². The van der Waals surface area contributed by atoms with E-state index < -0.39 is 21.7 Å². The first-order valence-electron chi connectivity index (χ1n) is 13.0. The van der Waals surface area contributed by atoms with Gasteiger partial charge < -0.3 is 35.0 Å². The van der Waals surface area contributed by atoms with E-state index >= 15 is 0 Å². The van der Waals surface area contributed by atoms with Crippen LogP contribution in [-0.4, -0.2) is 85.2 Å². The number of imidazole rings is 2. The number of nitro groups is 2. The Morgan fingerprint density at radius 2 is 1.33 bits per heavy atom. The summed E-state index contributed by atoms with van der Waals surface area (Å²) in [5, 5.41) is 26.5. The van der Waals surface area contributed by atoms with Crippen molar-refractivity contribution in [2.24, 2.45) is 0 Å². The number of carbonyl (C=O) groups excluding carboxylic acids is 2. The molecule has 0 saturated heterocycles. The van der Waals surface area contributed by atoms with Gasteiger partial charge in [-0.1, -0.05) is 22.1 Å². The highest BCUT2D eigenvalue weighted by Crippen LogP contribution is 2.34. The highest BCUT2D eigenvalue weighted by Gasteiger charge is 2.33. The number of benzene rings is 2. The van der Waals surface area contributed by atoms with Crippen molar-refractivity contribution < 1.29 is 28.9 Å². The first-order valence-corrected chi connectivity index (χ1v) is 13.0. The van der Waals surface area contributed by atoms with Crippen molar-refractivity contribution in [1.29, 1.82) is 0 Å². The van der Waals surface area contributed by atoms with E-state index in [1.807, 2.05) is 6.07 Å². The second kappa shape index (κ2) is 12.5. The fraction of sp³-hybridized carbons (Fsp3) is 0.308. The Kier molecular flexibility index (Phi) is 8.44. The third-order valence-electron chi connectivity index (χ3n) is 6.68. The zero-order valence-corrected chi connectivity index (χ0v) is 22.2. The van der Waals surface area contributed by atoms with Crippen LogP contribution in [0.3, 0.4) is 0 Å². The number of ether oxygens (including phenoxy) is 2. The minimum atomic E-state index is -0.584. The van der Waals surface area contributed by atoms with Crippen molar-refractivity contribution in [2.75, 3.05) is 44.8 Å². The van der Waals surface area contributed by atoms with Crippen LogP contribution in [0.25, 0.3) is 10.8 Å².